The molecule has 0 saturated heterocycles. The molecule has 1 rings (SSSR count). The Morgan fingerprint density at radius 2 is 2.00 bits per heavy atom. The zero-order valence-corrected chi connectivity index (χ0v) is 14.0. The third kappa shape index (κ3) is 7.46. The number of hydrogen-bond acceptors (Lipinski definition) is 3. The first-order valence-corrected chi connectivity index (χ1v) is 7.18. The molecule has 4 nitrogen and oxygen atoms in total. The molecule has 120 valence electrons. The van der Waals surface area contributed by atoms with E-state index in [2.05, 4.69) is 24.4 Å². The average Bonchev–Trinajstić information content (AvgIpc) is 2.49. The molecular formula is C16H27ClN2O2. The molecule has 0 saturated carbocycles. The van der Waals surface area contributed by atoms with Crippen LogP contribution in [0, 0.1) is 0 Å². The lowest BCUT2D eigenvalue weighted by atomic mass is 10.0. The molecule has 0 aromatic heterocycles. The maximum absolute atomic E-state index is 12.1. The number of hydrogen-bond donors (Lipinski definition) is 1. The number of benzene rings is 1. The largest absolute Gasteiger partial charge is 0.383 e. The standard InChI is InChI=1S/C16H26N2O2.ClH/c1-4-15(12-14-8-6-5-7-9-14)18(2)16(19)13-17-10-11-20-3;/h5-9,15,17H,4,10-13H2,1-3H3;1H. The van der Waals surface area contributed by atoms with Crippen molar-refractivity contribution in [3.8, 4) is 0 Å². The second-order valence-corrected chi connectivity index (χ2v) is 4.93. The Morgan fingerprint density at radius 1 is 1.33 bits per heavy atom. The molecule has 0 aliphatic heterocycles. The molecule has 0 spiro atoms. The van der Waals surface area contributed by atoms with Crippen LogP contribution in [-0.4, -0.2) is 50.7 Å². The van der Waals surface area contributed by atoms with Gasteiger partial charge in [-0.05, 0) is 18.4 Å². The van der Waals surface area contributed by atoms with Crippen LogP contribution in [0.4, 0.5) is 0 Å². The van der Waals surface area contributed by atoms with Crippen molar-refractivity contribution in [1.82, 2.24) is 10.2 Å². The third-order valence-corrected chi connectivity index (χ3v) is 3.49. The van der Waals surface area contributed by atoms with Gasteiger partial charge in [0.15, 0.2) is 0 Å². The number of carbonyl (C=O) groups is 1. The van der Waals surface area contributed by atoms with E-state index >= 15 is 0 Å². The van der Waals surface area contributed by atoms with Gasteiger partial charge in [-0.2, -0.15) is 0 Å². The Kier molecular flexibility index (Phi) is 10.9. The molecule has 1 unspecified atom stereocenters. The van der Waals surface area contributed by atoms with E-state index < -0.39 is 0 Å². The predicted octanol–water partition coefficient (Wildman–Crippen LogP) is 2.12. The number of nitrogens with one attached hydrogen (secondary N) is 1. The first-order chi connectivity index (χ1) is 9.69. The SMILES string of the molecule is CCC(Cc1ccccc1)N(C)C(=O)CNCCOC.Cl. The minimum absolute atomic E-state index is 0. The molecule has 5 heteroatoms. The summed E-state index contributed by atoms with van der Waals surface area (Å²) in [7, 11) is 3.54. The normalized spacial score (nSPS) is 11.6. The second kappa shape index (κ2) is 11.5. The van der Waals surface area contributed by atoms with E-state index in [1.165, 1.54) is 5.56 Å². The van der Waals surface area contributed by atoms with Crippen LogP contribution >= 0.6 is 12.4 Å². The Bertz CT molecular complexity index is 387. The van der Waals surface area contributed by atoms with Crippen molar-refractivity contribution in [2.45, 2.75) is 25.8 Å². The molecule has 1 atom stereocenters. The average molecular weight is 315 g/mol. The Labute approximate surface area is 134 Å². The predicted molar refractivity (Wildman–Crippen MR) is 89.0 cm³/mol. The summed E-state index contributed by atoms with van der Waals surface area (Å²) in [5, 5.41) is 3.09. The summed E-state index contributed by atoms with van der Waals surface area (Å²) < 4.78 is 4.94. The quantitative estimate of drug-likeness (QED) is 0.710. The highest BCUT2D eigenvalue weighted by Crippen LogP contribution is 2.10. The summed E-state index contributed by atoms with van der Waals surface area (Å²) in [5.41, 5.74) is 1.27. The smallest absolute Gasteiger partial charge is 0.236 e. The topological polar surface area (TPSA) is 41.6 Å². The molecule has 0 aliphatic rings. The molecule has 1 amide bonds. The van der Waals surface area contributed by atoms with E-state index in [9.17, 15) is 4.79 Å². The fourth-order valence-corrected chi connectivity index (χ4v) is 2.14. The van der Waals surface area contributed by atoms with Gasteiger partial charge in [0, 0.05) is 26.7 Å². The van der Waals surface area contributed by atoms with Gasteiger partial charge in [0.2, 0.25) is 5.91 Å². The van der Waals surface area contributed by atoms with Crippen molar-refractivity contribution >= 4 is 18.3 Å². The lowest BCUT2D eigenvalue weighted by molar-refractivity contribution is -0.131. The van der Waals surface area contributed by atoms with E-state index in [-0.39, 0.29) is 24.4 Å². The third-order valence-electron chi connectivity index (χ3n) is 3.49. The highest BCUT2D eigenvalue weighted by Gasteiger charge is 2.18. The Balaban J connectivity index is 0.00000400. The maximum atomic E-state index is 12.1. The Hall–Kier alpha value is -1.10. The summed E-state index contributed by atoms with van der Waals surface area (Å²) >= 11 is 0. The molecule has 1 aromatic carbocycles. The van der Waals surface area contributed by atoms with Crippen LogP contribution in [0.2, 0.25) is 0 Å². The van der Waals surface area contributed by atoms with Crippen molar-refractivity contribution in [2.24, 2.45) is 0 Å². The minimum Gasteiger partial charge on any atom is -0.383 e. The highest BCUT2D eigenvalue weighted by molar-refractivity contribution is 5.85. The lowest BCUT2D eigenvalue weighted by Gasteiger charge is -2.27. The van der Waals surface area contributed by atoms with Gasteiger partial charge in [-0.3, -0.25) is 4.79 Å². The van der Waals surface area contributed by atoms with Gasteiger partial charge in [-0.1, -0.05) is 37.3 Å². The number of ether oxygens (including phenoxy) is 1. The molecule has 1 aromatic rings. The Morgan fingerprint density at radius 3 is 2.57 bits per heavy atom. The van der Waals surface area contributed by atoms with Gasteiger partial charge in [-0.15, -0.1) is 12.4 Å². The lowest BCUT2D eigenvalue weighted by Crippen LogP contribution is -2.43. The number of methoxy groups -OCH3 is 1. The zero-order chi connectivity index (χ0) is 14.8. The van der Waals surface area contributed by atoms with Crippen molar-refractivity contribution in [3.63, 3.8) is 0 Å². The fourth-order valence-electron chi connectivity index (χ4n) is 2.14. The molecule has 0 heterocycles. The van der Waals surface area contributed by atoms with E-state index in [4.69, 9.17) is 4.74 Å². The number of amides is 1. The summed E-state index contributed by atoms with van der Waals surface area (Å²) in [5.74, 6) is 0.129. The number of rotatable bonds is 9. The van der Waals surface area contributed by atoms with Crippen molar-refractivity contribution in [2.75, 3.05) is 33.9 Å². The van der Waals surface area contributed by atoms with Crippen LogP contribution in [0.3, 0.4) is 0 Å². The molecule has 1 N–H and O–H groups in total. The number of likely N-dealkylation sites (N-methyl/N-ethyl adjacent to an activating group) is 1. The molecular weight excluding hydrogens is 288 g/mol. The first-order valence-electron chi connectivity index (χ1n) is 7.18. The van der Waals surface area contributed by atoms with E-state index in [0.29, 0.717) is 19.7 Å². The van der Waals surface area contributed by atoms with Gasteiger partial charge >= 0.3 is 0 Å². The van der Waals surface area contributed by atoms with Gasteiger partial charge in [-0.25, -0.2) is 0 Å². The number of nitrogens with zero attached hydrogens (tertiary/aromatic N) is 1. The van der Waals surface area contributed by atoms with Crippen molar-refractivity contribution in [3.05, 3.63) is 35.9 Å². The second-order valence-electron chi connectivity index (χ2n) is 4.93. The van der Waals surface area contributed by atoms with Crippen LogP contribution in [0.1, 0.15) is 18.9 Å². The van der Waals surface area contributed by atoms with Crippen LogP contribution < -0.4 is 5.32 Å². The fraction of sp³-hybridized carbons (Fsp3) is 0.562. The molecule has 0 aliphatic carbocycles. The van der Waals surface area contributed by atoms with Gasteiger partial charge in [0.05, 0.1) is 13.2 Å². The monoisotopic (exact) mass is 314 g/mol. The molecule has 0 radical (unpaired) electrons. The van der Waals surface area contributed by atoms with Crippen LogP contribution in [-0.2, 0) is 16.0 Å². The van der Waals surface area contributed by atoms with Gasteiger partial charge < -0.3 is 15.0 Å². The zero-order valence-electron chi connectivity index (χ0n) is 13.2. The van der Waals surface area contributed by atoms with Crippen LogP contribution in [0.5, 0.6) is 0 Å². The van der Waals surface area contributed by atoms with Gasteiger partial charge in [0.25, 0.3) is 0 Å². The van der Waals surface area contributed by atoms with Crippen molar-refractivity contribution in [1.29, 1.82) is 0 Å². The van der Waals surface area contributed by atoms with E-state index in [1.54, 1.807) is 7.11 Å². The van der Waals surface area contributed by atoms with Crippen molar-refractivity contribution < 1.29 is 9.53 Å². The highest BCUT2D eigenvalue weighted by atomic mass is 35.5. The van der Waals surface area contributed by atoms with Crippen LogP contribution in [0.15, 0.2) is 30.3 Å². The molecule has 0 fully saturated rings. The number of halogens is 1. The first kappa shape index (κ1) is 19.9. The van der Waals surface area contributed by atoms with Crippen LogP contribution in [0.25, 0.3) is 0 Å². The summed E-state index contributed by atoms with van der Waals surface area (Å²) in [6.07, 6.45) is 1.85. The molecule has 0 bridgehead atoms. The minimum atomic E-state index is 0. The maximum Gasteiger partial charge on any atom is 0.236 e. The van der Waals surface area contributed by atoms with E-state index in [0.717, 1.165) is 12.8 Å². The number of carbonyl (C=O) groups excluding carboxylic acids is 1. The summed E-state index contributed by atoms with van der Waals surface area (Å²) in [6.45, 7) is 3.81. The summed E-state index contributed by atoms with van der Waals surface area (Å²) in [6, 6.07) is 10.6. The summed E-state index contributed by atoms with van der Waals surface area (Å²) in [4.78, 5) is 14.0. The van der Waals surface area contributed by atoms with Gasteiger partial charge in [0.1, 0.15) is 0 Å². The van der Waals surface area contributed by atoms with E-state index in [1.807, 2.05) is 30.1 Å². The molecule has 21 heavy (non-hydrogen) atoms.